The maximum atomic E-state index is 12.8. The van der Waals surface area contributed by atoms with Crippen LogP contribution in [0, 0.1) is 23.2 Å². The molecule has 2 heterocycles. The van der Waals surface area contributed by atoms with Crippen molar-refractivity contribution in [1.29, 1.82) is 0 Å². The lowest BCUT2D eigenvalue weighted by molar-refractivity contribution is -0.136. The first-order chi connectivity index (χ1) is 14.3. The van der Waals surface area contributed by atoms with Crippen molar-refractivity contribution in [3.05, 3.63) is 34.9 Å². The highest BCUT2D eigenvalue weighted by atomic mass is 16.2. The van der Waals surface area contributed by atoms with E-state index in [1.54, 1.807) is 4.90 Å². The lowest BCUT2D eigenvalue weighted by Crippen LogP contribution is -2.59. The van der Waals surface area contributed by atoms with Gasteiger partial charge in [0.25, 0.3) is 5.91 Å². The fourth-order valence-electron chi connectivity index (χ4n) is 6.41. The summed E-state index contributed by atoms with van der Waals surface area (Å²) < 4.78 is 0. The number of nitrogens with one attached hydrogen (secondary N) is 2. The second kappa shape index (κ2) is 6.91. The third-order valence-electron chi connectivity index (χ3n) is 8.51. The van der Waals surface area contributed by atoms with Crippen molar-refractivity contribution in [3.8, 4) is 0 Å². The van der Waals surface area contributed by atoms with Gasteiger partial charge >= 0.3 is 0 Å². The van der Waals surface area contributed by atoms with Gasteiger partial charge in [0, 0.05) is 31.1 Å². The van der Waals surface area contributed by atoms with E-state index >= 15 is 0 Å². The molecule has 5 aliphatic rings. The molecule has 1 aromatic carbocycles. The van der Waals surface area contributed by atoms with Gasteiger partial charge < -0.3 is 10.2 Å². The molecule has 5 atom stereocenters. The minimum atomic E-state index is -0.553. The Hall–Kier alpha value is -2.21. The Morgan fingerprint density at radius 3 is 2.70 bits per heavy atom. The number of benzene rings is 1. The van der Waals surface area contributed by atoms with Crippen LogP contribution in [0.2, 0.25) is 0 Å². The van der Waals surface area contributed by atoms with E-state index in [1.165, 1.54) is 18.4 Å². The Kier molecular flexibility index (Phi) is 4.54. The number of nitrogens with zero attached hydrogens (tertiary/aromatic N) is 1. The molecule has 3 amide bonds. The van der Waals surface area contributed by atoms with E-state index in [9.17, 15) is 14.4 Å². The van der Waals surface area contributed by atoms with E-state index in [-0.39, 0.29) is 24.1 Å². The van der Waals surface area contributed by atoms with Gasteiger partial charge in [0.2, 0.25) is 11.8 Å². The number of hydrogen-bond donors (Lipinski definition) is 2. The van der Waals surface area contributed by atoms with Crippen molar-refractivity contribution < 1.29 is 14.4 Å². The predicted octanol–water partition coefficient (Wildman–Crippen LogP) is 2.61. The third-order valence-corrected chi connectivity index (χ3v) is 8.51. The van der Waals surface area contributed by atoms with Crippen LogP contribution in [0.5, 0.6) is 0 Å². The first kappa shape index (κ1) is 19.7. The molecular formula is C24H31N3O3. The summed E-state index contributed by atoms with van der Waals surface area (Å²) in [6.45, 7) is 8.47. The van der Waals surface area contributed by atoms with Crippen molar-refractivity contribution in [1.82, 2.24) is 15.5 Å². The summed E-state index contributed by atoms with van der Waals surface area (Å²) in [5.41, 5.74) is 3.32. The number of piperidine rings is 1. The van der Waals surface area contributed by atoms with Crippen LogP contribution >= 0.6 is 0 Å². The average Bonchev–Trinajstić information content (AvgIpc) is 3.02. The van der Waals surface area contributed by atoms with Crippen molar-refractivity contribution in [3.63, 3.8) is 0 Å². The molecule has 3 saturated carbocycles. The van der Waals surface area contributed by atoms with Gasteiger partial charge in [-0.2, -0.15) is 0 Å². The van der Waals surface area contributed by atoms with Gasteiger partial charge in [-0.05, 0) is 59.6 Å². The molecule has 2 N–H and O–H groups in total. The van der Waals surface area contributed by atoms with Gasteiger partial charge in [0.15, 0.2) is 0 Å². The predicted molar refractivity (Wildman–Crippen MR) is 112 cm³/mol. The SMILES string of the molecule is C[C@@H]1[C@H]2C[C@@H](C[C@H]1NCc1ccc3c(c1)CN(C1CCC(=O)NC1=O)C3=O)C2(C)C. The van der Waals surface area contributed by atoms with Gasteiger partial charge in [-0.1, -0.05) is 32.9 Å². The summed E-state index contributed by atoms with van der Waals surface area (Å²) in [4.78, 5) is 38.1. The van der Waals surface area contributed by atoms with E-state index in [0.29, 0.717) is 35.9 Å². The van der Waals surface area contributed by atoms with Crippen LogP contribution in [0.3, 0.4) is 0 Å². The highest BCUT2D eigenvalue weighted by molar-refractivity contribution is 6.05. The molecule has 0 spiro atoms. The van der Waals surface area contributed by atoms with Gasteiger partial charge in [0.1, 0.15) is 6.04 Å². The topological polar surface area (TPSA) is 78.5 Å². The Bertz CT molecular complexity index is 924. The van der Waals surface area contributed by atoms with Crippen LogP contribution in [0.4, 0.5) is 0 Å². The summed E-state index contributed by atoms with van der Waals surface area (Å²) >= 11 is 0. The summed E-state index contributed by atoms with van der Waals surface area (Å²) in [6, 6.07) is 6.02. The Morgan fingerprint density at radius 1 is 1.20 bits per heavy atom. The molecule has 0 radical (unpaired) electrons. The van der Waals surface area contributed by atoms with Gasteiger partial charge in [0.05, 0.1) is 0 Å². The van der Waals surface area contributed by atoms with Crippen molar-refractivity contribution in [2.75, 3.05) is 0 Å². The Balaban J connectivity index is 1.24. The standard InChI is InChI=1S/C24H31N3O3/c1-13-18-9-16(24(18,2)3)10-19(13)25-11-14-4-5-17-15(8-14)12-27(23(17)30)20-6-7-21(28)26-22(20)29/h4-5,8,13,16,18-20,25H,6-7,9-12H2,1-3H3,(H,26,28,29)/t13-,16+,18-,19-,20?/m1/s1. The zero-order chi connectivity index (χ0) is 21.2. The lowest BCUT2D eigenvalue weighted by Gasteiger charge is -2.62. The average molecular weight is 410 g/mol. The van der Waals surface area contributed by atoms with E-state index in [4.69, 9.17) is 0 Å². The number of carbonyl (C=O) groups is 3. The van der Waals surface area contributed by atoms with E-state index in [1.807, 2.05) is 12.1 Å². The molecule has 1 aromatic rings. The zero-order valence-electron chi connectivity index (χ0n) is 18.0. The first-order valence-corrected chi connectivity index (χ1v) is 11.3. The normalized spacial score (nSPS) is 34.4. The molecule has 6 rings (SSSR count). The van der Waals surface area contributed by atoms with Gasteiger partial charge in [-0.3, -0.25) is 19.7 Å². The summed E-state index contributed by atoms with van der Waals surface area (Å²) in [5.74, 6) is 1.60. The number of imide groups is 1. The van der Waals surface area contributed by atoms with Crippen LogP contribution in [0.1, 0.15) is 67.9 Å². The summed E-state index contributed by atoms with van der Waals surface area (Å²) in [6.07, 6.45) is 3.31. The number of rotatable bonds is 4. The molecular weight excluding hydrogens is 378 g/mol. The minimum Gasteiger partial charge on any atom is -0.322 e. The van der Waals surface area contributed by atoms with Gasteiger partial charge in [-0.15, -0.1) is 0 Å². The molecule has 1 unspecified atom stereocenters. The largest absolute Gasteiger partial charge is 0.322 e. The number of fused-ring (bicyclic) bond motifs is 3. The molecule has 3 aliphatic carbocycles. The zero-order valence-corrected chi connectivity index (χ0v) is 18.0. The molecule has 2 aliphatic heterocycles. The first-order valence-electron chi connectivity index (χ1n) is 11.3. The fourth-order valence-corrected chi connectivity index (χ4v) is 6.41. The lowest BCUT2D eigenvalue weighted by atomic mass is 9.45. The molecule has 6 nitrogen and oxygen atoms in total. The van der Waals surface area contributed by atoms with Crippen molar-refractivity contribution in [2.24, 2.45) is 23.2 Å². The minimum absolute atomic E-state index is 0.109. The molecule has 4 fully saturated rings. The van der Waals surface area contributed by atoms with Crippen LogP contribution in [0.25, 0.3) is 0 Å². The van der Waals surface area contributed by atoms with Crippen LogP contribution < -0.4 is 10.6 Å². The number of amides is 3. The summed E-state index contributed by atoms with van der Waals surface area (Å²) in [5, 5.41) is 6.13. The molecule has 6 heteroatoms. The third kappa shape index (κ3) is 2.99. The molecule has 1 saturated heterocycles. The van der Waals surface area contributed by atoms with Crippen LogP contribution in [-0.4, -0.2) is 34.7 Å². The highest BCUT2D eigenvalue weighted by Gasteiger charge is 2.56. The second-order valence-electron chi connectivity index (χ2n) is 10.3. The Labute approximate surface area is 177 Å². The summed E-state index contributed by atoms with van der Waals surface area (Å²) in [7, 11) is 0. The van der Waals surface area contributed by atoms with Crippen LogP contribution in [-0.2, 0) is 22.7 Å². The Morgan fingerprint density at radius 2 is 2.00 bits per heavy atom. The highest BCUT2D eigenvalue weighted by Crippen LogP contribution is 2.61. The number of carbonyl (C=O) groups excluding carboxylic acids is 3. The second-order valence-corrected chi connectivity index (χ2v) is 10.3. The van der Waals surface area contributed by atoms with Crippen molar-refractivity contribution in [2.45, 2.75) is 71.6 Å². The smallest absolute Gasteiger partial charge is 0.255 e. The quantitative estimate of drug-likeness (QED) is 0.750. The maximum absolute atomic E-state index is 12.8. The molecule has 2 bridgehead atoms. The fraction of sp³-hybridized carbons (Fsp3) is 0.625. The molecule has 160 valence electrons. The maximum Gasteiger partial charge on any atom is 0.255 e. The van der Waals surface area contributed by atoms with E-state index in [2.05, 4.69) is 37.5 Å². The molecule has 0 aromatic heterocycles. The van der Waals surface area contributed by atoms with Crippen LogP contribution in [0.15, 0.2) is 18.2 Å². The van der Waals surface area contributed by atoms with Gasteiger partial charge in [-0.25, -0.2) is 0 Å². The number of hydrogen-bond acceptors (Lipinski definition) is 4. The monoisotopic (exact) mass is 409 g/mol. The van der Waals surface area contributed by atoms with E-state index < -0.39 is 6.04 Å². The van der Waals surface area contributed by atoms with Crippen molar-refractivity contribution >= 4 is 17.7 Å². The van der Waals surface area contributed by atoms with E-state index in [0.717, 1.165) is 23.9 Å². The molecule has 30 heavy (non-hydrogen) atoms.